The molecule has 0 fully saturated rings. The smallest absolute Gasteiger partial charge is 0.139 e. The van der Waals surface area contributed by atoms with Crippen molar-refractivity contribution in [2.24, 2.45) is 11.1 Å². The van der Waals surface area contributed by atoms with Gasteiger partial charge in [-0.25, -0.2) is 0 Å². The number of nitrogens with two attached hydrogens (primary N) is 1. The molecule has 2 N–H and O–H groups in total. The van der Waals surface area contributed by atoms with Crippen LogP contribution in [0.5, 0.6) is 0 Å². The summed E-state index contributed by atoms with van der Waals surface area (Å²) in [4.78, 5) is 11.5. The maximum atomic E-state index is 11.5. The normalized spacial score (nSPS) is 14.2. The molecule has 0 rings (SSSR count). The Morgan fingerprint density at radius 2 is 2.00 bits per heavy atom. The fraction of sp³-hybridized carbons (Fsp3) is 0.900. The molecule has 1 unspecified atom stereocenters. The molecule has 78 valence electrons. The first-order valence-electron chi connectivity index (χ1n) is 4.65. The van der Waals surface area contributed by atoms with Gasteiger partial charge in [0.05, 0.1) is 0 Å². The Labute approximate surface area is 80.6 Å². The first-order chi connectivity index (χ1) is 5.88. The number of methoxy groups -OCH3 is 1. The SMILES string of the molecule is COCCC(N)CC(=O)C(C)(C)C. The van der Waals surface area contributed by atoms with E-state index in [2.05, 4.69) is 0 Å². The summed E-state index contributed by atoms with van der Waals surface area (Å²) in [5.74, 6) is 0.219. The van der Waals surface area contributed by atoms with Crippen molar-refractivity contribution < 1.29 is 9.53 Å². The van der Waals surface area contributed by atoms with Crippen molar-refractivity contribution in [1.82, 2.24) is 0 Å². The average Bonchev–Trinajstić information content (AvgIpc) is 1.99. The van der Waals surface area contributed by atoms with Crippen molar-refractivity contribution in [3.63, 3.8) is 0 Å². The van der Waals surface area contributed by atoms with Gasteiger partial charge in [0.15, 0.2) is 0 Å². The minimum absolute atomic E-state index is 0.0633. The second kappa shape index (κ2) is 5.35. The van der Waals surface area contributed by atoms with Crippen molar-refractivity contribution in [2.45, 2.75) is 39.7 Å². The topological polar surface area (TPSA) is 52.3 Å². The van der Waals surface area contributed by atoms with E-state index in [-0.39, 0.29) is 17.2 Å². The summed E-state index contributed by atoms with van der Waals surface area (Å²) >= 11 is 0. The van der Waals surface area contributed by atoms with Gasteiger partial charge in [-0.1, -0.05) is 20.8 Å². The van der Waals surface area contributed by atoms with Crippen molar-refractivity contribution in [3.05, 3.63) is 0 Å². The predicted molar refractivity (Wildman–Crippen MR) is 53.5 cm³/mol. The van der Waals surface area contributed by atoms with Crippen LogP contribution in [0, 0.1) is 5.41 Å². The highest BCUT2D eigenvalue weighted by Gasteiger charge is 2.22. The van der Waals surface area contributed by atoms with Crippen LogP contribution in [0.4, 0.5) is 0 Å². The molecule has 1 atom stereocenters. The van der Waals surface area contributed by atoms with E-state index < -0.39 is 0 Å². The summed E-state index contributed by atoms with van der Waals surface area (Å²) in [6, 6.07) is -0.0633. The van der Waals surface area contributed by atoms with Crippen LogP contribution in [-0.4, -0.2) is 25.5 Å². The lowest BCUT2D eigenvalue weighted by Gasteiger charge is -2.19. The summed E-state index contributed by atoms with van der Waals surface area (Å²) in [7, 11) is 1.64. The molecule has 13 heavy (non-hydrogen) atoms. The maximum Gasteiger partial charge on any atom is 0.139 e. The maximum absolute atomic E-state index is 11.5. The van der Waals surface area contributed by atoms with Gasteiger partial charge in [0.25, 0.3) is 0 Å². The van der Waals surface area contributed by atoms with Gasteiger partial charge in [0, 0.05) is 31.6 Å². The number of ketones is 1. The van der Waals surface area contributed by atoms with E-state index in [0.717, 1.165) is 6.42 Å². The Kier molecular flexibility index (Phi) is 5.18. The lowest BCUT2D eigenvalue weighted by atomic mass is 9.87. The van der Waals surface area contributed by atoms with Gasteiger partial charge >= 0.3 is 0 Å². The summed E-state index contributed by atoms with van der Waals surface area (Å²) in [5, 5.41) is 0. The fourth-order valence-electron chi connectivity index (χ4n) is 0.916. The predicted octanol–water partition coefficient (Wildman–Crippen LogP) is 1.36. The molecule has 0 aliphatic rings. The van der Waals surface area contributed by atoms with E-state index >= 15 is 0 Å². The Bertz CT molecular complexity index is 161. The van der Waals surface area contributed by atoms with Gasteiger partial charge in [-0.05, 0) is 6.42 Å². The highest BCUT2D eigenvalue weighted by Crippen LogP contribution is 2.17. The average molecular weight is 187 g/mol. The third kappa shape index (κ3) is 5.77. The van der Waals surface area contributed by atoms with E-state index in [9.17, 15) is 4.79 Å². The first-order valence-corrected chi connectivity index (χ1v) is 4.65. The number of hydrogen-bond acceptors (Lipinski definition) is 3. The minimum atomic E-state index is -0.273. The van der Waals surface area contributed by atoms with Crippen molar-refractivity contribution in [1.29, 1.82) is 0 Å². The number of rotatable bonds is 5. The van der Waals surface area contributed by atoms with Crippen LogP contribution in [0.2, 0.25) is 0 Å². The summed E-state index contributed by atoms with van der Waals surface area (Å²) in [6.07, 6.45) is 1.20. The number of Topliss-reactive ketones (excluding diaryl/α,β-unsaturated/α-hetero) is 1. The number of hydrogen-bond donors (Lipinski definition) is 1. The molecule has 0 saturated carbocycles. The summed E-state index contributed by atoms with van der Waals surface area (Å²) in [6.45, 7) is 6.37. The standard InChI is InChI=1S/C10H21NO2/c1-10(2,3)9(12)7-8(11)5-6-13-4/h8H,5-7,11H2,1-4H3. The molecule has 0 saturated heterocycles. The number of carbonyl (C=O) groups excluding carboxylic acids is 1. The van der Waals surface area contributed by atoms with Gasteiger partial charge in [-0.15, -0.1) is 0 Å². The largest absolute Gasteiger partial charge is 0.385 e. The Balaban J connectivity index is 3.79. The van der Waals surface area contributed by atoms with Crippen LogP contribution in [0.3, 0.4) is 0 Å². The zero-order chi connectivity index (χ0) is 10.5. The van der Waals surface area contributed by atoms with E-state index in [4.69, 9.17) is 10.5 Å². The molecule has 0 aromatic carbocycles. The quantitative estimate of drug-likeness (QED) is 0.707. The molecular formula is C10H21NO2. The molecule has 0 aliphatic carbocycles. The lowest BCUT2D eigenvalue weighted by molar-refractivity contribution is -0.126. The Morgan fingerprint density at radius 1 is 1.46 bits per heavy atom. The van der Waals surface area contributed by atoms with Crippen LogP contribution in [0.1, 0.15) is 33.6 Å². The molecule has 0 bridgehead atoms. The molecule has 0 aliphatic heterocycles. The van der Waals surface area contributed by atoms with E-state index in [1.165, 1.54) is 0 Å². The Morgan fingerprint density at radius 3 is 2.38 bits per heavy atom. The summed E-state index contributed by atoms with van der Waals surface area (Å²) < 4.78 is 4.89. The highest BCUT2D eigenvalue weighted by molar-refractivity contribution is 5.84. The van der Waals surface area contributed by atoms with Gasteiger partial charge in [0.1, 0.15) is 5.78 Å². The Hall–Kier alpha value is -0.410. The van der Waals surface area contributed by atoms with Crippen LogP contribution in [0.15, 0.2) is 0 Å². The monoisotopic (exact) mass is 187 g/mol. The van der Waals surface area contributed by atoms with Crippen molar-refractivity contribution in [3.8, 4) is 0 Å². The summed E-state index contributed by atoms with van der Waals surface area (Å²) in [5.41, 5.74) is 5.48. The molecule has 3 heteroatoms. The van der Waals surface area contributed by atoms with E-state index in [1.807, 2.05) is 20.8 Å². The fourth-order valence-corrected chi connectivity index (χ4v) is 0.916. The molecule has 0 aromatic rings. The van der Waals surface area contributed by atoms with Crippen molar-refractivity contribution >= 4 is 5.78 Å². The lowest BCUT2D eigenvalue weighted by Crippen LogP contribution is -2.30. The zero-order valence-electron chi connectivity index (χ0n) is 9.09. The van der Waals surface area contributed by atoms with E-state index in [1.54, 1.807) is 7.11 Å². The molecule has 3 nitrogen and oxygen atoms in total. The van der Waals surface area contributed by atoms with Crippen molar-refractivity contribution in [2.75, 3.05) is 13.7 Å². The van der Waals surface area contributed by atoms with Gasteiger partial charge in [0.2, 0.25) is 0 Å². The molecule has 0 radical (unpaired) electrons. The second-order valence-corrected chi connectivity index (χ2v) is 4.42. The van der Waals surface area contributed by atoms with E-state index in [0.29, 0.717) is 13.0 Å². The van der Waals surface area contributed by atoms with Crippen LogP contribution in [-0.2, 0) is 9.53 Å². The first kappa shape index (κ1) is 12.6. The molecule has 0 spiro atoms. The number of ether oxygens (including phenoxy) is 1. The molecule has 0 aromatic heterocycles. The molecule has 0 heterocycles. The van der Waals surface area contributed by atoms with Gasteiger partial charge < -0.3 is 10.5 Å². The second-order valence-electron chi connectivity index (χ2n) is 4.42. The van der Waals surface area contributed by atoms with Crippen LogP contribution < -0.4 is 5.73 Å². The highest BCUT2D eigenvalue weighted by atomic mass is 16.5. The third-order valence-electron chi connectivity index (χ3n) is 1.98. The van der Waals surface area contributed by atoms with Crippen LogP contribution in [0.25, 0.3) is 0 Å². The molecular weight excluding hydrogens is 166 g/mol. The number of carbonyl (C=O) groups is 1. The van der Waals surface area contributed by atoms with Crippen LogP contribution >= 0.6 is 0 Å². The van der Waals surface area contributed by atoms with Gasteiger partial charge in [-0.3, -0.25) is 4.79 Å². The third-order valence-corrected chi connectivity index (χ3v) is 1.98. The molecule has 0 amide bonds. The minimum Gasteiger partial charge on any atom is -0.385 e. The zero-order valence-corrected chi connectivity index (χ0v) is 9.09. The van der Waals surface area contributed by atoms with Gasteiger partial charge in [-0.2, -0.15) is 0 Å².